The molecule has 0 N–H and O–H groups in total. The normalized spacial score (nSPS) is 32.7. The Labute approximate surface area is 140 Å². The van der Waals surface area contributed by atoms with Gasteiger partial charge in [0.25, 0.3) is 0 Å². The van der Waals surface area contributed by atoms with Gasteiger partial charge in [0.05, 0.1) is 7.11 Å². The minimum Gasteiger partial charge on any atom is -0.497 e. The molecule has 1 aromatic rings. The first kappa shape index (κ1) is 15.3. The highest BCUT2D eigenvalue weighted by Gasteiger charge is 2.53. The van der Waals surface area contributed by atoms with Crippen molar-refractivity contribution in [3.8, 4) is 5.75 Å². The lowest BCUT2D eigenvalue weighted by atomic mass is 9.52. The number of hydrogen-bond acceptors (Lipinski definition) is 2. The third kappa shape index (κ3) is 2.34. The van der Waals surface area contributed by atoms with Gasteiger partial charge in [-0.05, 0) is 67.8 Å². The highest BCUT2D eigenvalue weighted by Crippen LogP contribution is 2.56. The molecule has 1 saturated carbocycles. The van der Waals surface area contributed by atoms with Crippen molar-refractivity contribution in [2.75, 3.05) is 20.2 Å². The van der Waals surface area contributed by atoms with Crippen LogP contribution < -0.4 is 4.74 Å². The van der Waals surface area contributed by atoms with Crippen molar-refractivity contribution in [1.82, 2.24) is 4.90 Å². The molecule has 0 spiro atoms. The van der Waals surface area contributed by atoms with Gasteiger partial charge >= 0.3 is 0 Å². The molecule has 2 bridgehead atoms. The summed E-state index contributed by atoms with van der Waals surface area (Å²) in [6, 6.07) is 7.60. The predicted octanol–water partition coefficient (Wildman–Crippen LogP) is 4.33. The Kier molecular flexibility index (Phi) is 3.96. The lowest BCUT2D eigenvalue weighted by molar-refractivity contribution is -0.0103. The molecule has 124 valence electrons. The second-order valence-corrected chi connectivity index (χ2v) is 7.67. The van der Waals surface area contributed by atoms with Gasteiger partial charge in [0, 0.05) is 18.0 Å². The van der Waals surface area contributed by atoms with Gasteiger partial charge in [-0.25, -0.2) is 0 Å². The van der Waals surface area contributed by atoms with Crippen LogP contribution in [0.15, 0.2) is 30.9 Å². The third-order valence-electron chi connectivity index (χ3n) is 6.78. The van der Waals surface area contributed by atoms with Crippen LogP contribution in [-0.2, 0) is 11.8 Å². The minimum atomic E-state index is 0.426. The van der Waals surface area contributed by atoms with E-state index in [1.165, 1.54) is 51.6 Å². The van der Waals surface area contributed by atoms with E-state index in [0.29, 0.717) is 5.41 Å². The molecule has 23 heavy (non-hydrogen) atoms. The molecule has 3 aliphatic rings. The van der Waals surface area contributed by atoms with Crippen LogP contribution >= 0.6 is 0 Å². The Morgan fingerprint density at radius 3 is 3.09 bits per heavy atom. The molecular formula is C21H29NO. The molecule has 1 aliphatic heterocycles. The van der Waals surface area contributed by atoms with E-state index in [0.717, 1.165) is 24.1 Å². The van der Waals surface area contributed by atoms with Gasteiger partial charge in [0.15, 0.2) is 0 Å². The highest BCUT2D eigenvalue weighted by atomic mass is 16.5. The second-order valence-electron chi connectivity index (χ2n) is 7.67. The molecule has 2 heteroatoms. The lowest BCUT2D eigenvalue weighted by Gasteiger charge is -2.59. The first-order valence-corrected chi connectivity index (χ1v) is 9.31. The van der Waals surface area contributed by atoms with E-state index in [9.17, 15) is 0 Å². The molecule has 0 radical (unpaired) electrons. The van der Waals surface area contributed by atoms with Crippen LogP contribution in [0.5, 0.6) is 5.75 Å². The Hall–Kier alpha value is -1.28. The number of likely N-dealkylation sites (tertiary alicyclic amines) is 1. The number of fused-ring (bicyclic) bond motifs is 1. The highest BCUT2D eigenvalue weighted by molar-refractivity contribution is 5.45. The van der Waals surface area contributed by atoms with Crippen LogP contribution in [0, 0.1) is 5.92 Å². The summed E-state index contributed by atoms with van der Waals surface area (Å²) in [5.41, 5.74) is 3.63. The Balaban J connectivity index is 1.76. The maximum atomic E-state index is 5.55. The summed E-state index contributed by atoms with van der Waals surface area (Å²) in [6.45, 7) is 6.36. The molecule has 1 saturated heterocycles. The molecule has 2 fully saturated rings. The first-order chi connectivity index (χ1) is 11.3. The minimum absolute atomic E-state index is 0.426. The number of rotatable bonds is 4. The average molecular weight is 311 g/mol. The molecular weight excluding hydrogens is 282 g/mol. The van der Waals surface area contributed by atoms with E-state index in [-0.39, 0.29) is 0 Å². The van der Waals surface area contributed by atoms with Crippen molar-refractivity contribution >= 4 is 0 Å². The maximum Gasteiger partial charge on any atom is 0.119 e. The summed E-state index contributed by atoms with van der Waals surface area (Å²) >= 11 is 0. The van der Waals surface area contributed by atoms with Crippen LogP contribution in [-0.4, -0.2) is 31.1 Å². The molecule has 0 aromatic heterocycles. The molecule has 4 rings (SSSR count). The van der Waals surface area contributed by atoms with E-state index in [1.54, 1.807) is 18.2 Å². The third-order valence-corrected chi connectivity index (χ3v) is 6.78. The smallest absolute Gasteiger partial charge is 0.119 e. The van der Waals surface area contributed by atoms with Crippen molar-refractivity contribution in [1.29, 1.82) is 0 Å². The van der Waals surface area contributed by atoms with Crippen molar-refractivity contribution < 1.29 is 4.74 Å². The van der Waals surface area contributed by atoms with Crippen LogP contribution in [0.2, 0.25) is 0 Å². The monoisotopic (exact) mass is 311 g/mol. The Morgan fingerprint density at radius 1 is 1.35 bits per heavy atom. The van der Waals surface area contributed by atoms with Gasteiger partial charge in [0.1, 0.15) is 5.75 Å². The standard InChI is InChI=1S/C21H29NO/c1-3-4-12-22-13-11-21-10-6-5-7-18(21)20(22)14-16-8-9-17(23-2)15-19(16)21/h3,8-9,15,18,20H,1,4-7,10-14H2,2H3/t18-,20+,21+/m1/s1. The second kappa shape index (κ2) is 5.98. The maximum absolute atomic E-state index is 5.55. The summed E-state index contributed by atoms with van der Waals surface area (Å²) in [6.07, 6.45) is 11.3. The van der Waals surface area contributed by atoms with Gasteiger partial charge in [-0.15, -0.1) is 6.58 Å². The fourth-order valence-corrected chi connectivity index (χ4v) is 5.73. The van der Waals surface area contributed by atoms with Crippen molar-refractivity contribution in [2.45, 2.75) is 56.4 Å². The molecule has 2 nitrogen and oxygen atoms in total. The first-order valence-electron chi connectivity index (χ1n) is 9.31. The number of benzene rings is 1. The number of piperidine rings is 1. The average Bonchev–Trinajstić information content (AvgIpc) is 2.60. The summed E-state index contributed by atoms with van der Waals surface area (Å²) in [7, 11) is 1.79. The van der Waals surface area contributed by atoms with E-state index >= 15 is 0 Å². The molecule has 2 aliphatic carbocycles. The summed E-state index contributed by atoms with van der Waals surface area (Å²) in [4.78, 5) is 2.77. The van der Waals surface area contributed by atoms with Crippen LogP contribution in [0.3, 0.4) is 0 Å². The van der Waals surface area contributed by atoms with E-state index < -0.39 is 0 Å². The van der Waals surface area contributed by atoms with Gasteiger partial charge < -0.3 is 4.74 Å². The number of ether oxygens (including phenoxy) is 1. The largest absolute Gasteiger partial charge is 0.497 e. The zero-order valence-electron chi connectivity index (χ0n) is 14.4. The van der Waals surface area contributed by atoms with Crippen LogP contribution in [0.4, 0.5) is 0 Å². The zero-order chi connectivity index (χ0) is 15.9. The Morgan fingerprint density at radius 2 is 2.26 bits per heavy atom. The zero-order valence-corrected chi connectivity index (χ0v) is 14.4. The Bertz CT molecular complexity index is 596. The fourth-order valence-electron chi connectivity index (χ4n) is 5.73. The fraction of sp³-hybridized carbons (Fsp3) is 0.619. The van der Waals surface area contributed by atoms with E-state index in [2.05, 4.69) is 35.8 Å². The van der Waals surface area contributed by atoms with E-state index in [4.69, 9.17) is 4.74 Å². The van der Waals surface area contributed by atoms with Gasteiger partial charge in [0.2, 0.25) is 0 Å². The quantitative estimate of drug-likeness (QED) is 0.767. The summed E-state index contributed by atoms with van der Waals surface area (Å²) < 4.78 is 5.55. The van der Waals surface area contributed by atoms with Gasteiger partial charge in [-0.3, -0.25) is 4.90 Å². The van der Waals surface area contributed by atoms with Crippen molar-refractivity contribution in [2.24, 2.45) is 5.92 Å². The summed E-state index contributed by atoms with van der Waals surface area (Å²) in [5.74, 6) is 1.88. The topological polar surface area (TPSA) is 12.5 Å². The lowest BCUT2D eigenvalue weighted by Crippen LogP contribution is -2.60. The molecule has 1 heterocycles. The molecule has 0 unspecified atom stereocenters. The van der Waals surface area contributed by atoms with Crippen molar-refractivity contribution in [3.05, 3.63) is 42.0 Å². The number of hydrogen-bond donors (Lipinski definition) is 0. The number of nitrogens with zero attached hydrogens (tertiary/aromatic N) is 1. The molecule has 1 aromatic carbocycles. The van der Waals surface area contributed by atoms with Crippen LogP contribution in [0.25, 0.3) is 0 Å². The van der Waals surface area contributed by atoms with Crippen molar-refractivity contribution in [3.63, 3.8) is 0 Å². The SMILES string of the molecule is C=CCCN1CC[C@@]23CCCC[C@@H]2[C@@H]1Cc1ccc(OC)cc13. The predicted molar refractivity (Wildman–Crippen MR) is 95.1 cm³/mol. The summed E-state index contributed by atoms with van der Waals surface area (Å²) in [5, 5.41) is 0. The van der Waals surface area contributed by atoms with Crippen LogP contribution in [0.1, 0.15) is 49.7 Å². The van der Waals surface area contributed by atoms with Gasteiger partial charge in [-0.1, -0.05) is 25.0 Å². The molecule has 0 amide bonds. The molecule has 3 atom stereocenters. The van der Waals surface area contributed by atoms with Gasteiger partial charge in [-0.2, -0.15) is 0 Å². The number of methoxy groups -OCH3 is 1. The van der Waals surface area contributed by atoms with E-state index in [1.807, 2.05) is 0 Å².